The fraction of sp³-hybridized carbons (Fsp3) is 0.400. The van der Waals surface area contributed by atoms with Crippen LogP contribution < -0.4 is 9.47 Å². The fourth-order valence-corrected chi connectivity index (χ4v) is 1.96. The summed E-state index contributed by atoms with van der Waals surface area (Å²) in [5, 5.41) is 9.80. The summed E-state index contributed by atoms with van der Waals surface area (Å²) < 4.78 is 15.9. The minimum absolute atomic E-state index is 0.142. The SMILES string of the molecule is C=CC(=O)N(C)CC(O)COCc1ccc2c(c1)OCO2. The van der Waals surface area contributed by atoms with Crippen LogP contribution in [0.15, 0.2) is 30.9 Å². The average molecular weight is 293 g/mol. The van der Waals surface area contributed by atoms with Gasteiger partial charge in [0.05, 0.1) is 19.3 Å². The van der Waals surface area contributed by atoms with Crippen molar-refractivity contribution in [2.75, 3.05) is 27.0 Å². The monoisotopic (exact) mass is 293 g/mol. The lowest BCUT2D eigenvalue weighted by molar-refractivity contribution is -0.126. The summed E-state index contributed by atoms with van der Waals surface area (Å²) in [6, 6.07) is 5.56. The molecule has 0 aromatic heterocycles. The first kappa shape index (κ1) is 15.3. The highest BCUT2D eigenvalue weighted by Crippen LogP contribution is 2.32. The summed E-state index contributed by atoms with van der Waals surface area (Å²) in [6.07, 6.45) is 0.466. The molecule has 6 nitrogen and oxygen atoms in total. The zero-order valence-corrected chi connectivity index (χ0v) is 11.9. The summed E-state index contributed by atoms with van der Waals surface area (Å²) in [5.74, 6) is 1.20. The van der Waals surface area contributed by atoms with Crippen molar-refractivity contribution in [3.63, 3.8) is 0 Å². The zero-order chi connectivity index (χ0) is 15.2. The molecule has 1 atom stereocenters. The Kier molecular flexibility index (Phi) is 5.19. The molecule has 0 spiro atoms. The van der Waals surface area contributed by atoms with Gasteiger partial charge in [-0.3, -0.25) is 4.79 Å². The van der Waals surface area contributed by atoms with E-state index in [1.807, 2.05) is 18.2 Å². The molecule has 2 rings (SSSR count). The molecule has 1 aliphatic rings. The Bertz CT molecular complexity index is 517. The van der Waals surface area contributed by atoms with Crippen LogP contribution >= 0.6 is 0 Å². The molecule has 1 aromatic carbocycles. The number of benzene rings is 1. The predicted molar refractivity (Wildman–Crippen MR) is 76.1 cm³/mol. The van der Waals surface area contributed by atoms with Gasteiger partial charge in [-0.05, 0) is 23.8 Å². The van der Waals surface area contributed by atoms with Crippen LogP contribution in [0.2, 0.25) is 0 Å². The van der Waals surface area contributed by atoms with Crippen LogP contribution in [0.4, 0.5) is 0 Å². The second-order valence-electron chi connectivity index (χ2n) is 4.78. The van der Waals surface area contributed by atoms with Crippen molar-refractivity contribution >= 4 is 5.91 Å². The summed E-state index contributed by atoms with van der Waals surface area (Å²) in [5.41, 5.74) is 0.932. The standard InChI is InChI=1S/C15H19NO5/c1-3-15(18)16(2)7-12(17)9-19-8-11-4-5-13-14(6-11)21-10-20-13/h3-6,12,17H,1,7-10H2,2H3. The van der Waals surface area contributed by atoms with E-state index in [4.69, 9.17) is 14.2 Å². The van der Waals surface area contributed by atoms with Gasteiger partial charge in [-0.2, -0.15) is 0 Å². The van der Waals surface area contributed by atoms with Gasteiger partial charge in [0, 0.05) is 13.6 Å². The number of rotatable bonds is 7. The Morgan fingerprint density at radius 1 is 1.52 bits per heavy atom. The normalized spacial score (nSPS) is 13.8. The van der Waals surface area contributed by atoms with Gasteiger partial charge in [0.25, 0.3) is 0 Å². The van der Waals surface area contributed by atoms with E-state index in [1.165, 1.54) is 11.0 Å². The third-order valence-corrected chi connectivity index (χ3v) is 3.05. The molecule has 1 unspecified atom stereocenters. The molecule has 0 radical (unpaired) electrons. The van der Waals surface area contributed by atoms with E-state index in [-0.39, 0.29) is 25.9 Å². The molecule has 1 amide bonds. The number of likely N-dealkylation sites (N-methyl/N-ethyl adjacent to an activating group) is 1. The Morgan fingerprint density at radius 3 is 3.05 bits per heavy atom. The van der Waals surface area contributed by atoms with E-state index in [1.54, 1.807) is 7.05 Å². The smallest absolute Gasteiger partial charge is 0.245 e. The lowest BCUT2D eigenvalue weighted by Gasteiger charge is -2.19. The lowest BCUT2D eigenvalue weighted by atomic mass is 10.2. The molecule has 0 fully saturated rings. The highest BCUT2D eigenvalue weighted by Gasteiger charge is 2.14. The third kappa shape index (κ3) is 4.21. The molecule has 1 aliphatic heterocycles. The van der Waals surface area contributed by atoms with Gasteiger partial charge in [0.15, 0.2) is 11.5 Å². The van der Waals surface area contributed by atoms with E-state index < -0.39 is 6.10 Å². The molecule has 0 bridgehead atoms. The number of aliphatic hydroxyl groups excluding tert-OH is 1. The van der Waals surface area contributed by atoms with E-state index >= 15 is 0 Å². The second-order valence-corrected chi connectivity index (χ2v) is 4.78. The summed E-state index contributed by atoms with van der Waals surface area (Å²) in [6.45, 7) is 4.33. The van der Waals surface area contributed by atoms with Crippen LogP contribution in [0.25, 0.3) is 0 Å². The molecule has 0 saturated carbocycles. The third-order valence-electron chi connectivity index (χ3n) is 3.05. The van der Waals surface area contributed by atoms with Crippen LogP contribution in [0.5, 0.6) is 11.5 Å². The Balaban J connectivity index is 1.74. The Hall–Kier alpha value is -2.05. The van der Waals surface area contributed by atoms with Gasteiger partial charge >= 0.3 is 0 Å². The minimum Gasteiger partial charge on any atom is -0.454 e. The number of hydrogen-bond acceptors (Lipinski definition) is 5. The number of hydrogen-bond donors (Lipinski definition) is 1. The van der Waals surface area contributed by atoms with Gasteiger partial charge in [0.1, 0.15) is 0 Å². The van der Waals surface area contributed by atoms with Crippen molar-refractivity contribution in [1.29, 1.82) is 0 Å². The van der Waals surface area contributed by atoms with Crippen molar-refractivity contribution in [2.45, 2.75) is 12.7 Å². The first-order valence-electron chi connectivity index (χ1n) is 6.62. The molecule has 0 saturated heterocycles. The van der Waals surface area contributed by atoms with Crippen molar-refractivity contribution in [3.8, 4) is 11.5 Å². The summed E-state index contributed by atoms with van der Waals surface area (Å²) >= 11 is 0. The first-order valence-corrected chi connectivity index (χ1v) is 6.62. The number of amides is 1. The van der Waals surface area contributed by atoms with Gasteiger partial charge in [-0.25, -0.2) is 0 Å². The van der Waals surface area contributed by atoms with Crippen LogP contribution in [0.1, 0.15) is 5.56 Å². The molecular weight excluding hydrogens is 274 g/mol. The van der Waals surface area contributed by atoms with Crippen LogP contribution in [-0.2, 0) is 16.1 Å². The van der Waals surface area contributed by atoms with Crippen molar-refractivity contribution in [1.82, 2.24) is 4.90 Å². The van der Waals surface area contributed by atoms with Crippen LogP contribution in [0, 0.1) is 0 Å². The maximum atomic E-state index is 11.3. The number of nitrogens with zero attached hydrogens (tertiary/aromatic N) is 1. The summed E-state index contributed by atoms with van der Waals surface area (Å²) in [7, 11) is 1.60. The predicted octanol–water partition coefficient (Wildman–Crippen LogP) is 0.937. The number of carbonyl (C=O) groups excluding carboxylic acids is 1. The number of aliphatic hydroxyl groups is 1. The number of fused-ring (bicyclic) bond motifs is 1. The van der Waals surface area contributed by atoms with E-state index in [0.717, 1.165) is 11.3 Å². The molecular formula is C15H19NO5. The van der Waals surface area contributed by atoms with E-state index in [9.17, 15) is 9.90 Å². The second kappa shape index (κ2) is 7.10. The highest BCUT2D eigenvalue weighted by atomic mass is 16.7. The topological polar surface area (TPSA) is 68.2 Å². The zero-order valence-electron chi connectivity index (χ0n) is 11.9. The maximum absolute atomic E-state index is 11.3. The molecule has 1 heterocycles. The maximum Gasteiger partial charge on any atom is 0.245 e. The number of ether oxygens (including phenoxy) is 3. The first-order chi connectivity index (χ1) is 10.1. The molecule has 21 heavy (non-hydrogen) atoms. The van der Waals surface area contributed by atoms with Crippen molar-refractivity contribution < 1.29 is 24.1 Å². The molecule has 6 heteroatoms. The Labute approximate surface area is 123 Å². The van der Waals surface area contributed by atoms with Crippen molar-refractivity contribution in [2.24, 2.45) is 0 Å². The Morgan fingerprint density at radius 2 is 2.29 bits per heavy atom. The van der Waals surface area contributed by atoms with Gasteiger partial charge in [0.2, 0.25) is 12.7 Å². The quantitative estimate of drug-likeness (QED) is 0.758. The van der Waals surface area contributed by atoms with Crippen LogP contribution in [0.3, 0.4) is 0 Å². The average Bonchev–Trinajstić information content (AvgIpc) is 2.93. The van der Waals surface area contributed by atoms with E-state index in [0.29, 0.717) is 12.4 Å². The minimum atomic E-state index is -0.743. The van der Waals surface area contributed by atoms with Crippen LogP contribution in [-0.4, -0.2) is 49.0 Å². The fourth-order valence-electron chi connectivity index (χ4n) is 1.96. The van der Waals surface area contributed by atoms with Gasteiger partial charge in [-0.1, -0.05) is 12.6 Å². The highest BCUT2D eigenvalue weighted by molar-refractivity contribution is 5.86. The largest absolute Gasteiger partial charge is 0.454 e. The summed E-state index contributed by atoms with van der Waals surface area (Å²) in [4.78, 5) is 12.7. The lowest BCUT2D eigenvalue weighted by Crippen LogP contribution is -2.35. The molecule has 114 valence electrons. The molecule has 0 aliphatic carbocycles. The van der Waals surface area contributed by atoms with E-state index in [2.05, 4.69) is 6.58 Å². The molecule has 1 aromatic rings. The van der Waals surface area contributed by atoms with Gasteiger partial charge < -0.3 is 24.2 Å². The van der Waals surface area contributed by atoms with Crippen molar-refractivity contribution in [3.05, 3.63) is 36.4 Å². The van der Waals surface area contributed by atoms with Gasteiger partial charge in [-0.15, -0.1) is 0 Å². The number of carbonyl (C=O) groups is 1. The molecule has 1 N–H and O–H groups in total.